The van der Waals surface area contributed by atoms with Crippen LogP contribution in [0, 0.1) is 0 Å². The van der Waals surface area contributed by atoms with Crippen LogP contribution >= 0.6 is 12.1 Å². The number of para-hydroxylation sites is 1. The van der Waals surface area contributed by atoms with Crippen molar-refractivity contribution in [2.75, 3.05) is 13.7 Å². The van der Waals surface area contributed by atoms with Crippen molar-refractivity contribution in [1.29, 1.82) is 0 Å². The van der Waals surface area contributed by atoms with E-state index in [1.807, 2.05) is 32.0 Å². The molecule has 0 fully saturated rings. The molecule has 0 saturated carbocycles. The van der Waals surface area contributed by atoms with Crippen molar-refractivity contribution in [2.24, 2.45) is 0 Å². The molecule has 1 aromatic carbocycles. The van der Waals surface area contributed by atoms with E-state index in [2.05, 4.69) is 0 Å². The lowest BCUT2D eigenvalue weighted by atomic mass is 10.0. The van der Waals surface area contributed by atoms with Crippen molar-refractivity contribution in [3.63, 3.8) is 0 Å². The third kappa shape index (κ3) is 4.25. The van der Waals surface area contributed by atoms with Crippen LogP contribution < -0.4 is 4.74 Å². The number of benzene rings is 1. The SMILES string of the molecule is CCOC(=O)N(C)SN(Cc1cccc2c1OC(C)(C)C2)C(=O)O. The molecule has 0 aliphatic carbocycles. The first kappa shape index (κ1) is 18.3. The third-order valence-electron chi connectivity index (χ3n) is 3.45. The number of carbonyl (C=O) groups excluding carboxylic acids is 1. The van der Waals surface area contributed by atoms with Gasteiger partial charge in [-0.25, -0.2) is 18.2 Å². The highest BCUT2D eigenvalue weighted by Crippen LogP contribution is 2.38. The fraction of sp³-hybridized carbons (Fsp3) is 0.500. The first-order valence-electron chi connectivity index (χ1n) is 7.62. The first-order valence-corrected chi connectivity index (χ1v) is 8.35. The number of amides is 2. The number of carbonyl (C=O) groups is 2. The summed E-state index contributed by atoms with van der Waals surface area (Å²) in [6, 6.07) is 5.70. The highest BCUT2D eigenvalue weighted by molar-refractivity contribution is 7.95. The molecule has 0 bridgehead atoms. The Morgan fingerprint density at radius 1 is 1.42 bits per heavy atom. The zero-order valence-electron chi connectivity index (χ0n) is 14.2. The van der Waals surface area contributed by atoms with E-state index in [1.165, 1.54) is 7.05 Å². The van der Waals surface area contributed by atoms with Crippen molar-refractivity contribution < 1.29 is 24.2 Å². The van der Waals surface area contributed by atoms with Crippen molar-refractivity contribution in [3.8, 4) is 5.75 Å². The largest absolute Gasteiger partial charge is 0.487 e. The summed E-state index contributed by atoms with van der Waals surface area (Å²) in [5.74, 6) is 0.730. The maximum atomic E-state index is 11.7. The molecule has 2 rings (SSSR count). The Hall–Kier alpha value is -2.09. The summed E-state index contributed by atoms with van der Waals surface area (Å²) in [6.07, 6.45) is -0.963. The summed E-state index contributed by atoms with van der Waals surface area (Å²) in [6.45, 7) is 6.01. The topological polar surface area (TPSA) is 79.3 Å². The molecule has 0 spiro atoms. The first-order chi connectivity index (χ1) is 11.2. The highest BCUT2D eigenvalue weighted by Gasteiger charge is 2.32. The molecule has 2 amide bonds. The highest BCUT2D eigenvalue weighted by atomic mass is 32.2. The Labute approximate surface area is 145 Å². The van der Waals surface area contributed by atoms with Gasteiger partial charge in [-0.2, -0.15) is 0 Å². The summed E-state index contributed by atoms with van der Waals surface area (Å²) in [4.78, 5) is 23.2. The van der Waals surface area contributed by atoms with Crippen LogP contribution in [0.5, 0.6) is 5.75 Å². The number of nitrogens with zero attached hydrogens (tertiary/aromatic N) is 2. The molecule has 1 aliphatic heterocycles. The van der Waals surface area contributed by atoms with Crippen molar-refractivity contribution >= 4 is 24.3 Å². The molecular weight excluding hydrogens is 332 g/mol. The Balaban J connectivity index is 2.14. The van der Waals surface area contributed by atoms with Gasteiger partial charge in [0.15, 0.2) is 0 Å². The molecule has 0 radical (unpaired) electrons. The van der Waals surface area contributed by atoms with Crippen LogP contribution in [-0.4, -0.2) is 45.2 Å². The minimum atomic E-state index is -1.15. The summed E-state index contributed by atoms with van der Waals surface area (Å²) in [7, 11) is 1.47. The van der Waals surface area contributed by atoms with Crippen molar-refractivity contribution in [1.82, 2.24) is 8.61 Å². The Morgan fingerprint density at radius 2 is 2.12 bits per heavy atom. The molecule has 0 atom stereocenters. The van der Waals surface area contributed by atoms with E-state index in [1.54, 1.807) is 6.92 Å². The Morgan fingerprint density at radius 3 is 2.75 bits per heavy atom. The predicted molar refractivity (Wildman–Crippen MR) is 90.8 cm³/mol. The molecule has 24 heavy (non-hydrogen) atoms. The van der Waals surface area contributed by atoms with Crippen LogP contribution in [0.15, 0.2) is 18.2 Å². The average molecular weight is 354 g/mol. The standard InChI is InChI=1S/C16H22N2O5S/c1-5-22-15(21)17(4)24-18(14(19)20)10-12-8-6-7-11-9-16(2,3)23-13(11)12/h6-8H,5,9-10H2,1-4H3,(H,19,20). The van der Waals surface area contributed by atoms with E-state index < -0.39 is 12.2 Å². The van der Waals surface area contributed by atoms with Crippen LogP contribution in [0.1, 0.15) is 31.9 Å². The van der Waals surface area contributed by atoms with Gasteiger partial charge in [0.05, 0.1) is 25.3 Å². The fourth-order valence-electron chi connectivity index (χ4n) is 2.49. The molecular formula is C16H22N2O5S. The zero-order valence-corrected chi connectivity index (χ0v) is 15.1. The minimum Gasteiger partial charge on any atom is -0.487 e. The molecule has 0 unspecified atom stereocenters. The molecule has 1 N–H and O–H groups in total. The average Bonchev–Trinajstić information content (AvgIpc) is 2.81. The maximum Gasteiger partial charge on any atom is 0.420 e. The quantitative estimate of drug-likeness (QED) is 0.815. The number of hydrogen-bond donors (Lipinski definition) is 1. The summed E-state index contributed by atoms with van der Waals surface area (Å²) >= 11 is 0.778. The van der Waals surface area contributed by atoms with E-state index >= 15 is 0 Å². The Bertz CT molecular complexity index is 635. The van der Waals surface area contributed by atoms with E-state index in [0.29, 0.717) is 0 Å². The molecule has 1 heterocycles. The van der Waals surface area contributed by atoms with Crippen LogP contribution in [-0.2, 0) is 17.7 Å². The van der Waals surface area contributed by atoms with Gasteiger partial charge in [-0.15, -0.1) is 0 Å². The van der Waals surface area contributed by atoms with Gasteiger partial charge in [0, 0.05) is 19.0 Å². The van der Waals surface area contributed by atoms with Crippen LogP contribution in [0.4, 0.5) is 9.59 Å². The van der Waals surface area contributed by atoms with Gasteiger partial charge < -0.3 is 14.6 Å². The number of fused-ring (bicyclic) bond motifs is 1. The van der Waals surface area contributed by atoms with Gasteiger partial charge in [0.2, 0.25) is 0 Å². The molecule has 7 nitrogen and oxygen atoms in total. The lowest BCUT2D eigenvalue weighted by molar-refractivity contribution is 0.135. The number of carboxylic acid groups (broad SMARTS) is 1. The number of hydrogen-bond acceptors (Lipinski definition) is 5. The van der Waals surface area contributed by atoms with E-state index in [9.17, 15) is 14.7 Å². The Kier molecular flexibility index (Phi) is 5.48. The second-order valence-electron chi connectivity index (χ2n) is 6.04. The van der Waals surface area contributed by atoms with Gasteiger partial charge >= 0.3 is 12.2 Å². The number of ether oxygens (including phenoxy) is 2. The van der Waals surface area contributed by atoms with Crippen LogP contribution in [0.3, 0.4) is 0 Å². The van der Waals surface area contributed by atoms with Crippen LogP contribution in [0.2, 0.25) is 0 Å². The second kappa shape index (κ2) is 7.21. The third-order valence-corrected chi connectivity index (χ3v) is 4.32. The summed E-state index contributed by atoms with van der Waals surface area (Å²) in [5.41, 5.74) is 1.53. The van der Waals surface area contributed by atoms with E-state index in [-0.39, 0.29) is 18.8 Å². The van der Waals surface area contributed by atoms with Gasteiger partial charge in [-0.1, -0.05) is 18.2 Å². The molecule has 1 aliphatic rings. The molecule has 1 aromatic rings. The van der Waals surface area contributed by atoms with Gasteiger partial charge in [-0.3, -0.25) is 0 Å². The van der Waals surface area contributed by atoms with E-state index in [4.69, 9.17) is 9.47 Å². The van der Waals surface area contributed by atoms with Gasteiger partial charge in [0.25, 0.3) is 0 Å². The molecule has 0 aromatic heterocycles. The second-order valence-corrected chi connectivity index (χ2v) is 7.19. The maximum absolute atomic E-state index is 11.7. The fourth-order valence-corrected chi connectivity index (χ4v) is 3.17. The predicted octanol–water partition coefficient (Wildman–Crippen LogP) is 3.53. The van der Waals surface area contributed by atoms with Crippen LogP contribution in [0.25, 0.3) is 0 Å². The minimum absolute atomic E-state index is 0.100. The lowest BCUT2D eigenvalue weighted by Crippen LogP contribution is -2.31. The lowest BCUT2D eigenvalue weighted by Gasteiger charge is -2.24. The smallest absolute Gasteiger partial charge is 0.420 e. The van der Waals surface area contributed by atoms with Gasteiger partial charge in [0.1, 0.15) is 11.4 Å². The number of rotatable bonds is 5. The normalized spacial score (nSPS) is 14.5. The molecule has 132 valence electrons. The molecule has 8 heteroatoms. The van der Waals surface area contributed by atoms with Crippen molar-refractivity contribution in [2.45, 2.75) is 39.3 Å². The summed E-state index contributed by atoms with van der Waals surface area (Å²) in [5, 5.41) is 9.43. The van der Waals surface area contributed by atoms with E-state index in [0.717, 1.165) is 44.0 Å². The monoisotopic (exact) mass is 354 g/mol. The summed E-state index contributed by atoms with van der Waals surface area (Å²) < 4.78 is 13.0. The zero-order chi connectivity index (χ0) is 17.9. The van der Waals surface area contributed by atoms with Crippen molar-refractivity contribution in [3.05, 3.63) is 29.3 Å². The molecule has 0 saturated heterocycles. The van der Waals surface area contributed by atoms with Gasteiger partial charge in [-0.05, 0) is 26.3 Å².